The number of hydrogen-bond donors (Lipinski definition) is 1. The molecule has 0 amide bonds. The predicted octanol–water partition coefficient (Wildman–Crippen LogP) is 2.49. The molecule has 0 saturated carbocycles. The lowest BCUT2D eigenvalue weighted by Gasteiger charge is -2.26. The lowest BCUT2D eigenvalue weighted by molar-refractivity contribution is 0.0519. The van der Waals surface area contributed by atoms with Gasteiger partial charge in [-0.3, -0.25) is 0 Å². The molecule has 0 saturated heterocycles. The van der Waals surface area contributed by atoms with Crippen LogP contribution in [0.25, 0.3) is 0 Å². The Kier molecular flexibility index (Phi) is 3.97. The molecule has 1 aromatic heterocycles. The number of esters is 1. The van der Waals surface area contributed by atoms with E-state index in [0.29, 0.717) is 12.3 Å². The Morgan fingerprint density at radius 1 is 1.38 bits per heavy atom. The molecular formula is C17H18N2O2. The van der Waals surface area contributed by atoms with Crippen LogP contribution in [-0.4, -0.2) is 24.1 Å². The average molecular weight is 282 g/mol. The second kappa shape index (κ2) is 6.06. The van der Waals surface area contributed by atoms with Gasteiger partial charge in [-0.15, -0.1) is 0 Å². The second-order valence-corrected chi connectivity index (χ2v) is 5.08. The SMILES string of the molecule is CCOC(=O)c1cc2c(cn1)CNCC2c1ccccc1. The molecule has 1 N–H and O–H groups in total. The molecule has 1 unspecified atom stereocenters. The van der Waals surface area contributed by atoms with E-state index in [1.165, 1.54) is 5.56 Å². The van der Waals surface area contributed by atoms with Crippen LogP contribution in [0.1, 0.15) is 40.0 Å². The quantitative estimate of drug-likeness (QED) is 0.879. The topological polar surface area (TPSA) is 51.2 Å². The molecule has 108 valence electrons. The van der Waals surface area contributed by atoms with Crippen molar-refractivity contribution in [1.29, 1.82) is 0 Å². The number of pyridine rings is 1. The summed E-state index contributed by atoms with van der Waals surface area (Å²) in [7, 11) is 0. The van der Waals surface area contributed by atoms with Crippen LogP contribution in [0.4, 0.5) is 0 Å². The molecule has 0 fully saturated rings. The van der Waals surface area contributed by atoms with Crippen LogP contribution < -0.4 is 5.32 Å². The largest absolute Gasteiger partial charge is 0.461 e. The molecule has 1 aliphatic heterocycles. The van der Waals surface area contributed by atoms with E-state index in [-0.39, 0.29) is 11.9 Å². The zero-order valence-electron chi connectivity index (χ0n) is 12.0. The minimum absolute atomic E-state index is 0.242. The molecule has 0 radical (unpaired) electrons. The van der Waals surface area contributed by atoms with Crippen molar-refractivity contribution in [2.75, 3.05) is 13.2 Å². The highest BCUT2D eigenvalue weighted by Gasteiger charge is 2.23. The maximum atomic E-state index is 11.9. The molecule has 3 rings (SSSR count). The van der Waals surface area contributed by atoms with Crippen molar-refractivity contribution in [3.8, 4) is 0 Å². The first-order valence-corrected chi connectivity index (χ1v) is 7.21. The minimum atomic E-state index is -0.356. The zero-order valence-corrected chi connectivity index (χ0v) is 12.0. The Balaban J connectivity index is 1.99. The lowest BCUT2D eigenvalue weighted by Crippen LogP contribution is -2.29. The number of carbonyl (C=O) groups is 1. The number of nitrogens with zero attached hydrogens (tertiary/aromatic N) is 1. The van der Waals surface area contributed by atoms with E-state index in [2.05, 4.69) is 22.4 Å². The maximum Gasteiger partial charge on any atom is 0.356 e. The van der Waals surface area contributed by atoms with Gasteiger partial charge in [0.15, 0.2) is 0 Å². The maximum absolute atomic E-state index is 11.9. The first kappa shape index (κ1) is 13.8. The number of nitrogens with one attached hydrogen (secondary N) is 1. The van der Waals surface area contributed by atoms with Gasteiger partial charge in [0.25, 0.3) is 0 Å². The van der Waals surface area contributed by atoms with Crippen LogP contribution in [0.15, 0.2) is 42.6 Å². The fourth-order valence-electron chi connectivity index (χ4n) is 2.73. The van der Waals surface area contributed by atoms with Gasteiger partial charge in [-0.05, 0) is 29.7 Å². The van der Waals surface area contributed by atoms with Crippen LogP contribution in [0.3, 0.4) is 0 Å². The molecule has 0 aliphatic carbocycles. The Hall–Kier alpha value is -2.20. The highest BCUT2D eigenvalue weighted by molar-refractivity contribution is 5.87. The predicted molar refractivity (Wildman–Crippen MR) is 80.2 cm³/mol. The molecule has 21 heavy (non-hydrogen) atoms. The third-order valence-corrected chi connectivity index (χ3v) is 3.75. The molecule has 0 spiro atoms. The Bertz CT molecular complexity index is 640. The summed E-state index contributed by atoms with van der Waals surface area (Å²) < 4.78 is 5.04. The fraction of sp³-hybridized carbons (Fsp3) is 0.294. The number of hydrogen-bond acceptors (Lipinski definition) is 4. The number of ether oxygens (including phenoxy) is 1. The van der Waals surface area contributed by atoms with Gasteiger partial charge >= 0.3 is 5.97 Å². The van der Waals surface area contributed by atoms with Gasteiger partial charge in [-0.2, -0.15) is 0 Å². The van der Waals surface area contributed by atoms with E-state index in [9.17, 15) is 4.79 Å². The molecule has 0 bridgehead atoms. The van der Waals surface area contributed by atoms with Crippen molar-refractivity contribution < 1.29 is 9.53 Å². The van der Waals surface area contributed by atoms with E-state index >= 15 is 0 Å². The Morgan fingerprint density at radius 2 is 2.19 bits per heavy atom. The number of carbonyl (C=O) groups excluding carboxylic acids is 1. The summed E-state index contributed by atoms with van der Waals surface area (Å²) in [4.78, 5) is 16.1. The minimum Gasteiger partial charge on any atom is -0.461 e. The van der Waals surface area contributed by atoms with Crippen molar-refractivity contribution >= 4 is 5.97 Å². The molecule has 4 nitrogen and oxygen atoms in total. The summed E-state index contributed by atoms with van der Waals surface area (Å²) >= 11 is 0. The van der Waals surface area contributed by atoms with Crippen LogP contribution in [0.5, 0.6) is 0 Å². The van der Waals surface area contributed by atoms with Crippen LogP contribution in [-0.2, 0) is 11.3 Å². The van der Waals surface area contributed by atoms with Gasteiger partial charge in [-0.25, -0.2) is 9.78 Å². The smallest absolute Gasteiger partial charge is 0.356 e. The highest BCUT2D eigenvalue weighted by atomic mass is 16.5. The van der Waals surface area contributed by atoms with Gasteiger partial charge < -0.3 is 10.1 Å². The van der Waals surface area contributed by atoms with Crippen molar-refractivity contribution in [3.63, 3.8) is 0 Å². The molecule has 1 atom stereocenters. The van der Waals surface area contributed by atoms with Gasteiger partial charge in [-0.1, -0.05) is 30.3 Å². The lowest BCUT2D eigenvalue weighted by atomic mass is 9.86. The normalized spacial score (nSPS) is 17.1. The Labute approximate surface area is 124 Å². The van der Waals surface area contributed by atoms with E-state index in [4.69, 9.17) is 4.74 Å². The summed E-state index contributed by atoms with van der Waals surface area (Å²) in [6, 6.07) is 12.2. The second-order valence-electron chi connectivity index (χ2n) is 5.08. The summed E-state index contributed by atoms with van der Waals surface area (Å²) in [5.74, 6) is -0.114. The van der Waals surface area contributed by atoms with Crippen LogP contribution in [0, 0.1) is 0 Å². The van der Waals surface area contributed by atoms with E-state index in [1.54, 1.807) is 13.1 Å². The van der Waals surface area contributed by atoms with Gasteiger partial charge in [0, 0.05) is 25.2 Å². The molecule has 2 aromatic rings. The van der Waals surface area contributed by atoms with Gasteiger partial charge in [0.1, 0.15) is 5.69 Å². The summed E-state index contributed by atoms with van der Waals surface area (Å²) in [6.07, 6.45) is 1.78. The highest BCUT2D eigenvalue weighted by Crippen LogP contribution is 2.30. The molecular weight excluding hydrogens is 264 g/mol. The monoisotopic (exact) mass is 282 g/mol. The molecule has 4 heteroatoms. The van der Waals surface area contributed by atoms with Gasteiger partial charge in [0.2, 0.25) is 0 Å². The number of benzene rings is 1. The van der Waals surface area contributed by atoms with E-state index in [1.807, 2.05) is 24.3 Å². The summed E-state index contributed by atoms with van der Waals surface area (Å²) in [6.45, 7) is 3.81. The van der Waals surface area contributed by atoms with Crippen LogP contribution >= 0.6 is 0 Å². The molecule has 1 aliphatic rings. The number of aromatic nitrogens is 1. The average Bonchev–Trinajstić information content (AvgIpc) is 2.55. The number of fused-ring (bicyclic) bond motifs is 1. The number of rotatable bonds is 3. The van der Waals surface area contributed by atoms with E-state index in [0.717, 1.165) is 24.2 Å². The van der Waals surface area contributed by atoms with Crippen molar-refractivity contribution in [2.45, 2.75) is 19.4 Å². The third kappa shape index (κ3) is 2.81. The summed E-state index contributed by atoms with van der Waals surface area (Å²) in [5, 5.41) is 3.41. The van der Waals surface area contributed by atoms with Crippen molar-refractivity contribution in [3.05, 3.63) is 65.0 Å². The first-order valence-electron chi connectivity index (χ1n) is 7.21. The fourth-order valence-corrected chi connectivity index (χ4v) is 2.73. The van der Waals surface area contributed by atoms with Crippen molar-refractivity contribution in [1.82, 2.24) is 10.3 Å². The standard InChI is InChI=1S/C17H18N2O2/c1-2-21-17(20)16-8-14-13(10-19-16)9-18-11-15(14)12-6-4-3-5-7-12/h3-8,10,15,18H,2,9,11H2,1H3. The zero-order chi connectivity index (χ0) is 14.7. The third-order valence-electron chi connectivity index (χ3n) is 3.75. The van der Waals surface area contributed by atoms with E-state index < -0.39 is 0 Å². The molecule has 2 heterocycles. The van der Waals surface area contributed by atoms with Crippen LogP contribution in [0.2, 0.25) is 0 Å². The van der Waals surface area contributed by atoms with Crippen molar-refractivity contribution in [2.24, 2.45) is 0 Å². The van der Waals surface area contributed by atoms with Gasteiger partial charge in [0.05, 0.1) is 6.61 Å². The molecule has 1 aromatic carbocycles. The Morgan fingerprint density at radius 3 is 2.95 bits per heavy atom. The summed E-state index contributed by atoms with van der Waals surface area (Å²) in [5.41, 5.74) is 3.94. The first-order chi connectivity index (χ1) is 10.3.